The monoisotopic (exact) mass is 540 g/mol. The summed E-state index contributed by atoms with van der Waals surface area (Å²) in [6, 6.07) is 43.4. The van der Waals surface area contributed by atoms with Gasteiger partial charge in [0.1, 0.15) is 0 Å². The topological polar surface area (TPSA) is 25.8 Å². The predicted molar refractivity (Wildman–Crippen MR) is 174 cm³/mol. The zero-order valence-corrected chi connectivity index (χ0v) is 23.0. The number of thiophene rings is 1. The van der Waals surface area contributed by atoms with Crippen molar-refractivity contribution in [1.29, 1.82) is 0 Å². The van der Waals surface area contributed by atoms with Crippen LogP contribution < -0.4 is 0 Å². The molecule has 0 aliphatic carbocycles. The first-order valence-corrected chi connectivity index (χ1v) is 14.5. The van der Waals surface area contributed by atoms with Gasteiger partial charge in [0.2, 0.25) is 0 Å². The molecule has 2 nitrogen and oxygen atoms in total. The van der Waals surface area contributed by atoms with Crippen LogP contribution in [0.4, 0.5) is 0 Å². The Balaban J connectivity index is 1.39. The SMILES string of the molecule is c1ccc(-c2ccc(-c3sc(-c4ccc(-c5ccccc5)cc4)c4c5ccncc5c5cnccc5c34)cc2)cc1. The van der Waals surface area contributed by atoms with Crippen LogP contribution in [-0.2, 0) is 0 Å². The minimum absolute atomic E-state index is 1.13. The van der Waals surface area contributed by atoms with E-state index in [1.165, 1.54) is 64.7 Å². The highest BCUT2D eigenvalue weighted by Gasteiger charge is 2.21. The average Bonchev–Trinajstić information content (AvgIpc) is 3.47. The summed E-state index contributed by atoms with van der Waals surface area (Å²) in [7, 11) is 0. The zero-order chi connectivity index (χ0) is 27.2. The van der Waals surface area contributed by atoms with E-state index in [-0.39, 0.29) is 0 Å². The molecule has 8 aromatic rings. The molecule has 3 heteroatoms. The number of rotatable bonds is 4. The third-order valence-electron chi connectivity index (χ3n) is 7.89. The molecule has 0 spiro atoms. The molecule has 0 saturated heterocycles. The van der Waals surface area contributed by atoms with Crippen molar-refractivity contribution in [3.05, 3.63) is 146 Å². The van der Waals surface area contributed by atoms with Crippen molar-refractivity contribution in [1.82, 2.24) is 9.97 Å². The van der Waals surface area contributed by atoms with Gasteiger partial charge in [-0.05, 0) is 56.3 Å². The Labute approximate surface area is 242 Å². The van der Waals surface area contributed by atoms with Crippen LogP contribution in [0, 0.1) is 0 Å². The van der Waals surface area contributed by atoms with Crippen LogP contribution in [0.25, 0.3) is 75.5 Å². The van der Waals surface area contributed by atoms with Gasteiger partial charge in [-0.15, -0.1) is 11.3 Å². The van der Waals surface area contributed by atoms with Gasteiger partial charge < -0.3 is 0 Å². The van der Waals surface area contributed by atoms with Crippen molar-refractivity contribution in [3.8, 4) is 43.1 Å². The first-order valence-electron chi connectivity index (χ1n) is 13.7. The van der Waals surface area contributed by atoms with E-state index in [1.807, 2.05) is 36.1 Å². The van der Waals surface area contributed by atoms with Gasteiger partial charge in [-0.2, -0.15) is 0 Å². The van der Waals surface area contributed by atoms with E-state index in [2.05, 4.69) is 131 Å². The van der Waals surface area contributed by atoms with E-state index >= 15 is 0 Å². The zero-order valence-electron chi connectivity index (χ0n) is 22.2. The number of aromatic nitrogens is 2. The van der Waals surface area contributed by atoms with Crippen LogP contribution in [0.5, 0.6) is 0 Å². The van der Waals surface area contributed by atoms with Crippen molar-refractivity contribution in [3.63, 3.8) is 0 Å². The van der Waals surface area contributed by atoms with Crippen molar-refractivity contribution in [2.45, 2.75) is 0 Å². The molecule has 5 aromatic carbocycles. The molecule has 3 heterocycles. The van der Waals surface area contributed by atoms with Gasteiger partial charge in [-0.3, -0.25) is 9.97 Å². The highest BCUT2D eigenvalue weighted by Crippen LogP contribution is 2.50. The quantitative estimate of drug-likeness (QED) is 0.208. The highest BCUT2D eigenvalue weighted by atomic mass is 32.1. The molecule has 0 bridgehead atoms. The van der Waals surface area contributed by atoms with Gasteiger partial charge in [-0.25, -0.2) is 0 Å². The summed E-state index contributed by atoms with van der Waals surface area (Å²) >= 11 is 1.87. The fourth-order valence-electron chi connectivity index (χ4n) is 5.90. The summed E-state index contributed by atoms with van der Waals surface area (Å²) < 4.78 is 0. The van der Waals surface area contributed by atoms with Gasteiger partial charge in [-0.1, -0.05) is 109 Å². The van der Waals surface area contributed by atoms with Crippen LogP contribution in [0.1, 0.15) is 0 Å². The number of pyridine rings is 2. The molecule has 0 atom stereocenters. The van der Waals surface area contributed by atoms with Gasteiger partial charge >= 0.3 is 0 Å². The normalized spacial score (nSPS) is 11.4. The molecule has 0 aliphatic rings. The standard InChI is InChI=1S/C38H24N2S/c1-3-7-25(8-4-1)27-11-15-29(16-12-27)37-35-31-19-21-39-23-33(31)34-24-40-22-20-32(34)36(35)38(41-37)30-17-13-28(14-18-30)26-9-5-2-6-10-26/h1-24H. The largest absolute Gasteiger partial charge is 0.264 e. The van der Waals surface area contributed by atoms with E-state index in [4.69, 9.17) is 0 Å². The van der Waals surface area contributed by atoms with Crippen molar-refractivity contribution >= 4 is 43.7 Å². The number of hydrogen-bond acceptors (Lipinski definition) is 3. The maximum Gasteiger partial charge on any atom is 0.0434 e. The van der Waals surface area contributed by atoms with Crippen LogP contribution >= 0.6 is 11.3 Å². The maximum atomic E-state index is 4.50. The Morgan fingerprint density at radius 1 is 0.341 bits per heavy atom. The molecule has 0 saturated carbocycles. The summed E-state index contributed by atoms with van der Waals surface area (Å²) in [5, 5.41) is 7.24. The molecule has 0 amide bonds. The lowest BCUT2D eigenvalue weighted by atomic mass is 9.93. The molecule has 0 aliphatic heterocycles. The fourth-order valence-corrected chi connectivity index (χ4v) is 7.24. The second kappa shape index (κ2) is 9.81. The fraction of sp³-hybridized carbons (Fsp3) is 0. The first kappa shape index (κ1) is 23.7. The number of nitrogens with zero attached hydrogens (tertiary/aromatic N) is 2. The van der Waals surface area contributed by atoms with E-state index < -0.39 is 0 Å². The lowest BCUT2D eigenvalue weighted by Gasteiger charge is -2.10. The summed E-state index contributed by atoms with van der Waals surface area (Å²) in [5.41, 5.74) is 7.33. The van der Waals surface area contributed by atoms with E-state index in [0.717, 1.165) is 10.8 Å². The van der Waals surface area contributed by atoms with Crippen LogP contribution in [-0.4, -0.2) is 9.97 Å². The lowest BCUT2D eigenvalue weighted by Crippen LogP contribution is -1.86. The van der Waals surface area contributed by atoms with Crippen molar-refractivity contribution < 1.29 is 0 Å². The molecular formula is C38H24N2S. The molecule has 0 unspecified atom stereocenters. The number of benzene rings is 5. The van der Waals surface area contributed by atoms with Gasteiger partial charge in [0.25, 0.3) is 0 Å². The van der Waals surface area contributed by atoms with Crippen LogP contribution in [0.3, 0.4) is 0 Å². The molecule has 0 radical (unpaired) electrons. The lowest BCUT2D eigenvalue weighted by molar-refractivity contribution is 1.35. The molecule has 0 N–H and O–H groups in total. The second-order valence-electron chi connectivity index (χ2n) is 10.2. The molecule has 0 fully saturated rings. The minimum atomic E-state index is 1.13. The summed E-state index contributed by atoms with van der Waals surface area (Å²) in [5.74, 6) is 0. The number of fused-ring (bicyclic) bond motifs is 6. The molecule has 41 heavy (non-hydrogen) atoms. The van der Waals surface area contributed by atoms with Crippen molar-refractivity contribution in [2.24, 2.45) is 0 Å². The van der Waals surface area contributed by atoms with E-state index in [1.54, 1.807) is 0 Å². The first-order chi connectivity index (χ1) is 20.3. The second-order valence-corrected chi connectivity index (χ2v) is 11.3. The summed E-state index contributed by atoms with van der Waals surface area (Å²) in [6.45, 7) is 0. The molecule has 192 valence electrons. The van der Waals surface area contributed by atoms with Crippen LogP contribution in [0.15, 0.2) is 146 Å². The Morgan fingerprint density at radius 3 is 1.12 bits per heavy atom. The minimum Gasteiger partial charge on any atom is -0.264 e. The Kier molecular flexibility index (Phi) is 5.68. The average molecular weight is 541 g/mol. The molecular weight excluding hydrogens is 516 g/mol. The summed E-state index contributed by atoms with van der Waals surface area (Å²) in [6.07, 6.45) is 7.76. The Hall–Kier alpha value is -5.12. The third kappa shape index (κ3) is 4.02. The van der Waals surface area contributed by atoms with Gasteiger partial charge in [0.15, 0.2) is 0 Å². The van der Waals surface area contributed by atoms with Crippen molar-refractivity contribution in [2.75, 3.05) is 0 Å². The predicted octanol–water partition coefficient (Wildman–Crippen LogP) is 10.7. The number of hydrogen-bond donors (Lipinski definition) is 0. The Bertz CT molecular complexity index is 2010. The van der Waals surface area contributed by atoms with Gasteiger partial charge in [0.05, 0.1) is 0 Å². The highest BCUT2D eigenvalue weighted by molar-refractivity contribution is 7.21. The van der Waals surface area contributed by atoms with E-state index in [0.29, 0.717) is 0 Å². The van der Waals surface area contributed by atoms with Crippen LogP contribution in [0.2, 0.25) is 0 Å². The maximum absolute atomic E-state index is 4.50. The third-order valence-corrected chi connectivity index (χ3v) is 9.18. The summed E-state index contributed by atoms with van der Waals surface area (Å²) in [4.78, 5) is 11.5. The molecule has 8 rings (SSSR count). The molecule has 3 aromatic heterocycles. The Morgan fingerprint density at radius 2 is 0.707 bits per heavy atom. The smallest absolute Gasteiger partial charge is 0.0434 e. The van der Waals surface area contributed by atoms with E-state index in [9.17, 15) is 0 Å². The van der Waals surface area contributed by atoms with Gasteiger partial charge in [0, 0.05) is 56.1 Å².